The van der Waals surface area contributed by atoms with Crippen LogP contribution < -0.4 is 11.1 Å². The molecule has 1 fully saturated rings. The molecule has 6 nitrogen and oxygen atoms in total. The minimum Gasteiger partial charge on any atom is -0.396 e. The number of nitrogens with one attached hydrogen (secondary N) is 1. The number of anilines is 1. The number of aromatic nitrogens is 2. The van der Waals surface area contributed by atoms with Gasteiger partial charge in [-0.1, -0.05) is 0 Å². The van der Waals surface area contributed by atoms with Crippen molar-refractivity contribution < 1.29 is 9.53 Å². The third-order valence-corrected chi connectivity index (χ3v) is 3.14. The summed E-state index contributed by atoms with van der Waals surface area (Å²) in [5.41, 5.74) is 6.39. The van der Waals surface area contributed by atoms with Crippen LogP contribution in [0.15, 0.2) is 6.20 Å². The Bertz CT molecular complexity index is 416. The van der Waals surface area contributed by atoms with Crippen LogP contribution in [0.1, 0.15) is 29.8 Å². The Morgan fingerprint density at radius 2 is 2.41 bits per heavy atom. The number of nitrogens with zero attached hydrogens (tertiary/aromatic N) is 2. The first-order chi connectivity index (χ1) is 8.11. The summed E-state index contributed by atoms with van der Waals surface area (Å²) in [6, 6.07) is 0.0638. The number of carbonyl (C=O) groups excluding carboxylic acids is 1. The molecule has 0 spiro atoms. The first-order valence-corrected chi connectivity index (χ1v) is 5.74. The van der Waals surface area contributed by atoms with E-state index in [4.69, 9.17) is 10.5 Å². The SMILES string of the molecule is COC1CCCC1NC(=O)c1nn(C)cc1N. The Hall–Kier alpha value is -1.56. The summed E-state index contributed by atoms with van der Waals surface area (Å²) in [6.07, 6.45) is 4.72. The second-order valence-corrected chi connectivity index (χ2v) is 4.39. The van der Waals surface area contributed by atoms with Gasteiger partial charge in [0.15, 0.2) is 5.69 Å². The van der Waals surface area contributed by atoms with Crippen molar-refractivity contribution in [3.05, 3.63) is 11.9 Å². The summed E-state index contributed by atoms with van der Waals surface area (Å²) in [7, 11) is 3.41. The van der Waals surface area contributed by atoms with E-state index in [0.717, 1.165) is 19.3 Å². The summed E-state index contributed by atoms with van der Waals surface area (Å²) in [5.74, 6) is -0.225. The molecule has 2 rings (SSSR count). The van der Waals surface area contributed by atoms with Crippen LogP contribution in [0.3, 0.4) is 0 Å². The smallest absolute Gasteiger partial charge is 0.274 e. The van der Waals surface area contributed by atoms with Crippen molar-refractivity contribution in [2.24, 2.45) is 7.05 Å². The minimum absolute atomic E-state index is 0.0638. The molecule has 1 saturated carbocycles. The molecule has 2 atom stereocenters. The normalized spacial score (nSPS) is 23.9. The number of ether oxygens (including phenoxy) is 1. The van der Waals surface area contributed by atoms with Crippen LogP contribution in [0.5, 0.6) is 0 Å². The second-order valence-electron chi connectivity index (χ2n) is 4.39. The van der Waals surface area contributed by atoms with Gasteiger partial charge < -0.3 is 15.8 Å². The highest BCUT2D eigenvalue weighted by molar-refractivity contribution is 5.97. The van der Waals surface area contributed by atoms with Crippen LogP contribution in [-0.2, 0) is 11.8 Å². The molecule has 0 aromatic carbocycles. The zero-order valence-electron chi connectivity index (χ0n) is 10.1. The molecule has 0 aliphatic heterocycles. The van der Waals surface area contributed by atoms with Crippen LogP contribution in [0, 0.1) is 0 Å². The fourth-order valence-electron chi connectivity index (χ4n) is 2.29. The number of aryl methyl sites for hydroxylation is 1. The highest BCUT2D eigenvalue weighted by Crippen LogP contribution is 2.22. The maximum atomic E-state index is 12.0. The molecule has 1 amide bonds. The van der Waals surface area contributed by atoms with Crippen molar-refractivity contribution >= 4 is 11.6 Å². The Balaban J connectivity index is 2.04. The van der Waals surface area contributed by atoms with E-state index in [1.165, 1.54) is 4.68 Å². The number of hydrogen-bond donors (Lipinski definition) is 2. The Kier molecular flexibility index (Phi) is 3.33. The number of carbonyl (C=O) groups is 1. The monoisotopic (exact) mass is 238 g/mol. The van der Waals surface area contributed by atoms with Crippen molar-refractivity contribution in [2.75, 3.05) is 12.8 Å². The van der Waals surface area contributed by atoms with E-state index in [9.17, 15) is 4.79 Å². The predicted molar refractivity (Wildman–Crippen MR) is 63.5 cm³/mol. The summed E-state index contributed by atoms with van der Waals surface area (Å²) in [6.45, 7) is 0. The number of nitrogen functional groups attached to an aromatic ring is 1. The first kappa shape index (κ1) is 11.9. The summed E-state index contributed by atoms with van der Waals surface area (Å²) < 4.78 is 6.86. The van der Waals surface area contributed by atoms with Crippen LogP contribution in [0.2, 0.25) is 0 Å². The van der Waals surface area contributed by atoms with E-state index in [-0.39, 0.29) is 23.7 Å². The van der Waals surface area contributed by atoms with E-state index < -0.39 is 0 Å². The number of rotatable bonds is 3. The van der Waals surface area contributed by atoms with Gasteiger partial charge in [0, 0.05) is 20.4 Å². The number of hydrogen-bond acceptors (Lipinski definition) is 4. The third-order valence-electron chi connectivity index (χ3n) is 3.14. The molecular formula is C11H18N4O2. The fraction of sp³-hybridized carbons (Fsp3) is 0.636. The molecule has 0 saturated heterocycles. The second kappa shape index (κ2) is 4.75. The van der Waals surface area contributed by atoms with Gasteiger partial charge in [-0.25, -0.2) is 0 Å². The van der Waals surface area contributed by atoms with Crippen molar-refractivity contribution in [1.29, 1.82) is 0 Å². The van der Waals surface area contributed by atoms with Crippen LogP contribution in [-0.4, -0.2) is 34.9 Å². The van der Waals surface area contributed by atoms with E-state index in [1.807, 2.05) is 0 Å². The average Bonchev–Trinajstić information content (AvgIpc) is 2.84. The highest BCUT2D eigenvalue weighted by atomic mass is 16.5. The van der Waals surface area contributed by atoms with E-state index in [1.54, 1.807) is 20.4 Å². The van der Waals surface area contributed by atoms with Crippen molar-refractivity contribution in [2.45, 2.75) is 31.4 Å². The van der Waals surface area contributed by atoms with Gasteiger partial charge in [0.25, 0.3) is 5.91 Å². The quantitative estimate of drug-likeness (QED) is 0.793. The lowest BCUT2D eigenvalue weighted by Gasteiger charge is -2.19. The molecule has 6 heteroatoms. The molecule has 17 heavy (non-hydrogen) atoms. The molecule has 1 aromatic heterocycles. The molecule has 1 aromatic rings. The van der Waals surface area contributed by atoms with Crippen LogP contribution in [0.25, 0.3) is 0 Å². The molecule has 1 aliphatic carbocycles. The Morgan fingerprint density at radius 1 is 1.65 bits per heavy atom. The molecule has 2 unspecified atom stereocenters. The highest BCUT2D eigenvalue weighted by Gasteiger charge is 2.29. The van der Waals surface area contributed by atoms with Crippen molar-refractivity contribution in [1.82, 2.24) is 15.1 Å². The maximum Gasteiger partial charge on any atom is 0.274 e. The van der Waals surface area contributed by atoms with Gasteiger partial charge >= 0.3 is 0 Å². The fourth-order valence-corrected chi connectivity index (χ4v) is 2.29. The van der Waals surface area contributed by atoms with Crippen LogP contribution >= 0.6 is 0 Å². The molecule has 94 valence electrons. The standard InChI is InChI=1S/C11H18N4O2/c1-15-6-7(12)10(14-15)11(16)13-8-4-3-5-9(8)17-2/h6,8-9H,3-5,12H2,1-2H3,(H,13,16). The van der Waals surface area contributed by atoms with Gasteiger partial charge in [0.05, 0.1) is 17.8 Å². The molecule has 3 N–H and O–H groups in total. The van der Waals surface area contributed by atoms with Crippen LogP contribution in [0.4, 0.5) is 5.69 Å². The number of methoxy groups -OCH3 is 1. The third kappa shape index (κ3) is 2.41. The van der Waals surface area contributed by atoms with E-state index in [0.29, 0.717) is 5.69 Å². The van der Waals surface area contributed by atoms with E-state index in [2.05, 4.69) is 10.4 Å². The number of amides is 1. The number of nitrogens with two attached hydrogens (primary N) is 1. The molecule has 0 radical (unpaired) electrons. The topological polar surface area (TPSA) is 82.2 Å². The van der Waals surface area contributed by atoms with Gasteiger partial charge in [0.2, 0.25) is 0 Å². The maximum absolute atomic E-state index is 12.0. The Labute approximate surface area is 100 Å². The lowest BCUT2D eigenvalue weighted by Crippen LogP contribution is -2.41. The molecule has 0 bridgehead atoms. The summed E-state index contributed by atoms with van der Waals surface area (Å²) >= 11 is 0. The minimum atomic E-state index is -0.225. The van der Waals surface area contributed by atoms with Gasteiger partial charge in [-0.2, -0.15) is 5.10 Å². The molecular weight excluding hydrogens is 220 g/mol. The largest absolute Gasteiger partial charge is 0.396 e. The zero-order valence-corrected chi connectivity index (χ0v) is 10.1. The van der Waals surface area contributed by atoms with Crippen molar-refractivity contribution in [3.63, 3.8) is 0 Å². The first-order valence-electron chi connectivity index (χ1n) is 5.74. The van der Waals surface area contributed by atoms with E-state index >= 15 is 0 Å². The van der Waals surface area contributed by atoms with Gasteiger partial charge in [-0.15, -0.1) is 0 Å². The molecule has 1 aliphatic rings. The van der Waals surface area contributed by atoms with Crippen molar-refractivity contribution in [3.8, 4) is 0 Å². The van der Waals surface area contributed by atoms with Gasteiger partial charge in [-0.05, 0) is 19.3 Å². The average molecular weight is 238 g/mol. The van der Waals surface area contributed by atoms with Gasteiger partial charge in [-0.3, -0.25) is 9.48 Å². The molecule has 1 heterocycles. The zero-order chi connectivity index (χ0) is 12.4. The summed E-state index contributed by atoms with van der Waals surface area (Å²) in [5, 5.41) is 6.97. The van der Waals surface area contributed by atoms with Gasteiger partial charge in [0.1, 0.15) is 0 Å². The lowest BCUT2D eigenvalue weighted by atomic mass is 10.2. The lowest BCUT2D eigenvalue weighted by molar-refractivity contribution is 0.0719. The summed E-state index contributed by atoms with van der Waals surface area (Å²) in [4.78, 5) is 12.0. The Morgan fingerprint density at radius 3 is 3.00 bits per heavy atom. The predicted octanol–water partition coefficient (Wildman–Crippen LogP) is 0.300.